The monoisotopic (exact) mass is 276 g/mol. The number of phenols is 1. The summed E-state index contributed by atoms with van der Waals surface area (Å²) in [7, 11) is 1.60. The molecular weight excluding hydrogens is 256 g/mol. The molecule has 5 nitrogen and oxygen atoms in total. The highest BCUT2D eigenvalue weighted by Crippen LogP contribution is 2.29. The molecule has 0 fully saturated rings. The number of phenolic OH excluding ortho intramolecular Hbond substituents is 1. The largest absolute Gasteiger partial charge is 0.508 e. The molecule has 0 saturated carbocycles. The lowest BCUT2D eigenvalue weighted by molar-refractivity contribution is 0.371. The zero-order valence-electron chi connectivity index (χ0n) is 12.2. The van der Waals surface area contributed by atoms with Crippen LogP contribution in [0.15, 0.2) is 28.8 Å². The second kappa shape index (κ2) is 5.96. The highest BCUT2D eigenvalue weighted by Gasteiger charge is 2.17. The van der Waals surface area contributed by atoms with Crippen molar-refractivity contribution in [1.29, 1.82) is 0 Å². The van der Waals surface area contributed by atoms with Crippen molar-refractivity contribution in [3.8, 4) is 11.5 Å². The number of nitrogens with one attached hydrogen (secondary N) is 1. The van der Waals surface area contributed by atoms with Gasteiger partial charge in [0.15, 0.2) is 0 Å². The van der Waals surface area contributed by atoms with Crippen LogP contribution in [-0.2, 0) is 0 Å². The second-order valence-electron chi connectivity index (χ2n) is 4.84. The molecule has 2 atom stereocenters. The van der Waals surface area contributed by atoms with Crippen LogP contribution in [0.3, 0.4) is 0 Å². The number of nitrogens with zero attached hydrogens (tertiary/aromatic N) is 1. The van der Waals surface area contributed by atoms with Crippen molar-refractivity contribution in [2.75, 3.05) is 7.11 Å². The van der Waals surface area contributed by atoms with E-state index in [0.717, 1.165) is 11.3 Å². The third-order valence-electron chi connectivity index (χ3n) is 3.21. The Morgan fingerprint density at radius 2 is 2.05 bits per heavy atom. The lowest BCUT2D eigenvalue weighted by Gasteiger charge is -2.19. The summed E-state index contributed by atoms with van der Waals surface area (Å²) in [6.07, 6.45) is 1.70. The van der Waals surface area contributed by atoms with Gasteiger partial charge in [-0.05, 0) is 39.0 Å². The van der Waals surface area contributed by atoms with Crippen LogP contribution in [0.4, 0.5) is 0 Å². The van der Waals surface area contributed by atoms with Crippen LogP contribution in [-0.4, -0.2) is 17.2 Å². The quantitative estimate of drug-likeness (QED) is 0.878. The van der Waals surface area contributed by atoms with E-state index >= 15 is 0 Å². The molecule has 0 aliphatic heterocycles. The van der Waals surface area contributed by atoms with Gasteiger partial charge in [0.2, 0.25) is 5.89 Å². The Labute approximate surface area is 118 Å². The van der Waals surface area contributed by atoms with E-state index in [1.807, 2.05) is 26.8 Å². The number of hydrogen-bond acceptors (Lipinski definition) is 5. The minimum Gasteiger partial charge on any atom is -0.508 e. The number of ether oxygens (including phenoxy) is 1. The maximum absolute atomic E-state index is 9.95. The number of rotatable bonds is 5. The van der Waals surface area contributed by atoms with Crippen molar-refractivity contribution < 1.29 is 14.3 Å². The Morgan fingerprint density at radius 3 is 2.65 bits per heavy atom. The summed E-state index contributed by atoms with van der Waals surface area (Å²) in [5, 5.41) is 13.3. The van der Waals surface area contributed by atoms with Gasteiger partial charge in [-0.3, -0.25) is 5.32 Å². The van der Waals surface area contributed by atoms with Crippen LogP contribution in [0.2, 0.25) is 0 Å². The Hall–Kier alpha value is -2.01. The van der Waals surface area contributed by atoms with Crippen LogP contribution in [0.1, 0.15) is 43.1 Å². The minimum atomic E-state index is -0.0627. The molecule has 2 aromatic rings. The van der Waals surface area contributed by atoms with Gasteiger partial charge in [0.25, 0.3) is 0 Å². The van der Waals surface area contributed by atoms with E-state index in [4.69, 9.17) is 9.15 Å². The molecule has 0 amide bonds. The van der Waals surface area contributed by atoms with E-state index in [0.29, 0.717) is 11.6 Å². The first-order chi connectivity index (χ1) is 9.51. The van der Waals surface area contributed by atoms with E-state index in [2.05, 4.69) is 10.3 Å². The number of aryl methyl sites for hydroxylation is 1. The van der Waals surface area contributed by atoms with Crippen LogP contribution >= 0.6 is 0 Å². The molecule has 0 aliphatic carbocycles. The molecule has 2 unspecified atom stereocenters. The summed E-state index contributed by atoms with van der Waals surface area (Å²) in [6.45, 7) is 5.81. The number of benzene rings is 1. The first kappa shape index (κ1) is 14.4. The fraction of sp³-hybridized carbons (Fsp3) is 0.400. The molecule has 108 valence electrons. The smallest absolute Gasteiger partial charge is 0.211 e. The van der Waals surface area contributed by atoms with Crippen molar-refractivity contribution in [3.05, 3.63) is 41.6 Å². The normalized spacial score (nSPS) is 14.0. The van der Waals surface area contributed by atoms with Gasteiger partial charge >= 0.3 is 0 Å². The first-order valence-electron chi connectivity index (χ1n) is 6.56. The van der Waals surface area contributed by atoms with Gasteiger partial charge in [-0.15, -0.1) is 0 Å². The summed E-state index contributed by atoms with van der Waals surface area (Å²) in [6, 6.07) is 5.07. The molecule has 0 aliphatic rings. The summed E-state index contributed by atoms with van der Waals surface area (Å²) in [5.74, 6) is 2.37. The fourth-order valence-corrected chi connectivity index (χ4v) is 2.11. The van der Waals surface area contributed by atoms with Crippen molar-refractivity contribution in [1.82, 2.24) is 10.3 Å². The molecule has 2 rings (SSSR count). The van der Waals surface area contributed by atoms with Crippen LogP contribution in [0, 0.1) is 6.92 Å². The molecule has 2 N–H and O–H groups in total. The van der Waals surface area contributed by atoms with Gasteiger partial charge in [-0.2, -0.15) is 0 Å². The third-order valence-corrected chi connectivity index (χ3v) is 3.21. The van der Waals surface area contributed by atoms with E-state index < -0.39 is 0 Å². The molecule has 1 heterocycles. The van der Waals surface area contributed by atoms with Gasteiger partial charge in [0.05, 0.1) is 19.3 Å². The number of methoxy groups -OCH3 is 1. The maximum atomic E-state index is 9.95. The van der Waals surface area contributed by atoms with E-state index in [9.17, 15) is 5.11 Å². The molecule has 0 saturated heterocycles. The molecule has 0 bridgehead atoms. The number of oxazole rings is 1. The minimum absolute atomic E-state index is 0.0516. The Kier molecular flexibility index (Phi) is 4.29. The first-order valence-corrected chi connectivity index (χ1v) is 6.56. The van der Waals surface area contributed by atoms with Gasteiger partial charge in [0, 0.05) is 11.6 Å². The van der Waals surface area contributed by atoms with Gasteiger partial charge < -0.3 is 14.3 Å². The van der Waals surface area contributed by atoms with Crippen LogP contribution < -0.4 is 10.1 Å². The molecule has 5 heteroatoms. The van der Waals surface area contributed by atoms with E-state index in [1.165, 1.54) is 0 Å². The molecule has 1 aromatic heterocycles. The zero-order chi connectivity index (χ0) is 14.7. The maximum Gasteiger partial charge on any atom is 0.211 e. The van der Waals surface area contributed by atoms with Crippen molar-refractivity contribution in [2.45, 2.75) is 32.9 Å². The summed E-state index contributed by atoms with van der Waals surface area (Å²) < 4.78 is 10.7. The van der Waals surface area contributed by atoms with Crippen molar-refractivity contribution in [3.63, 3.8) is 0 Å². The third kappa shape index (κ3) is 3.11. The fourth-order valence-electron chi connectivity index (χ4n) is 2.11. The average Bonchev–Trinajstić information content (AvgIpc) is 2.86. The van der Waals surface area contributed by atoms with Gasteiger partial charge in [-0.25, -0.2) is 4.98 Å². The molecule has 20 heavy (non-hydrogen) atoms. The second-order valence-corrected chi connectivity index (χ2v) is 4.84. The SMILES string of the molecule is COc1ccc(O)c(C(C)NC(C)c2ncc(C)o2)c1. The van der Waals surface area contributed by atoms with Crippen LogP contribution in [0.5, 0.6) is 11.5 Å². The predicted molar refractivity (Wildman–Crippen MR) is 75.9 cm³/mol. The topological polar surface area (TPSA) is 67.5 Å². The number of aromatic nitrogens is 1. The summed E-state index contributed by atoms with van der Waals surface area (Å²) in [4.78, 5) is 4.20. The summed E-state index contributed by atoms with van der Waals surface area (Å²) >= 11 is 0. The lowest BCUT2D eigenvalue weighted by atomic mass is 10.1. The predicted octanol–water partition coefficient (Wildman–Crippen LogP) is 3.11. The highest BCUT2D eigenvalue weighted by molar-refractivity contribution is 5.41. The molecule has 0 spiro atoms. The molecule has 0 radical (unpaired) electrons. The van der Waals surface area contributed by atoms with Crippen molar-refractivity contribution in [2.24, 2.45) is 0 Å². The van der Waals surface area contributed by atoms with E-state index in [-0.39, 0.29) is 17.8 Å². The van der Waals surface area contributed by atoms with Gasteiger partial charge in [0.1, 0.15) is 17.3 Å². The standard InChI is InChI=1S/C15H20N2O3/c1-9-8-16-15(20-9)11(3)17-10(2)13-7-12(19-4)5-6-14(13)18/h5-8,10-11,17-18H,1-4H3. The Bertz CT molecular complexity index is 580. The zero-order valence-corrected chi connectivity index (χ0v) is 12.2. The summed E-state index contributed by atoms with van der Waals surface area (Å²) in [5.41, 5.74) is 0.777. The Morgan fingerprint density at radius 1 is 1.30 bits per heavy atom. The molecule has 1 aromatic carbocycles. The molecular formula is C15H20N2O3. The van der Waals surface area contributed by atoms with Crippen LogP contribution in [0.25, 0.3) is 0 Å². The van der Waals surface area contributed by atoms with E-state index in [1.54, 1.807) is 25.4 Å². The average molecular weight is 276 g/mol. The Balaban J connectivity index is 2.13. The van der Waals surface area contributed by atoms with Gasteiger partial charge in [-0.1, -0.05) is 0 Å². The lowest BCUT2D eigenvalue weighted by Crippen LogP contribution is -2.22. The number of aromatic hydroxyl groups is 1. The highest BCUT2D eigenvalue weighted by atomic mass is 16.5. The number of hydrogen-bond donors (Lipinski definition) is 2. The van der Waals surface area contributed by atoms with Crippen molar-refractivity contribution >= 4 is 0 Å².